The monoisotopic (exact) mass is 430 g/mol. The van der Waals surface area contributed by atoms with Crippen molar-refractivity contribution in [1.29, 1.82) is 0 Å². The molecule has 0 radical (unpaired) electrons. The van der Waals surface area contributed by atoms with Crippen LogP contribution in [0.1, 0.15) is 33.6 Å². The van der Waals surface area contributed by atoms with Gasteiger partial charge in [0.2, 0.25) is 0 Å². The van der Waals surface area contributed by atoms with Crippen LogP contribution in [0.5, 0.6) is 0 Å². The fraction of sp³-hybridized carbons (Fsp3) is 0.238. The minimum Gasteiger partial charge on any atom is -0.352 e. The minimum atomic E-state index is -4.05. The normalized spacial score (nSPS) is 11.3. The lowest BCUT2D eigenvalue weighted by Gasteiger charge is -2.12. The maximum atomic E-state index is 13.8. The third-order valence-electron chi connectivity index (χ3n) is 4.72. The first-order valence-corrected chi connectivity index (χ1v) is 10.9. The Hall–Kier alpha value is -3.20. The molecule has 1 heterocycles. The molecule has 0 aliphatic rings. The van der Waals surface area contributed by atoms with Gasteiger partial charge in [0.25, 0.3) is 15.9 Å². The van der Waals surface area contributed by atoms with Crippen molar-refractivity contribution in [3.05, 3.63) is 76.9 Å². The topological polar surface area (TPSA) is 104 Å². The number of aryl methyl sites for hydroxylation is 3. The van der Waals surface area contributed by atoms with Crippen molar-refractivity contribution in [2.75, 3.05) is 11.3 Å². The number of H-pyrrole nitrogens is 1. The molecule has 30 heavy (non-hydrogen) atoms. The molecule has 0 saturated heterocycles. The van der Waals surface area contributed by atoms with E-state index in [0.717, 1.165) is 30.2 Å². The molecule has 2 aromatic carbocycles. The summed E-state index contributed by atoms with van der Waals surface area (Å²) in [5, 5.41) is 9.65. The van der Waals surface area contributed by atoms with Crippen molar-refractivity contribution >= 4 is 21.6 Å². The van der Waals surface area contributed by atoms with Crippen LogP contribution in [0.25, 0.3) is 0 Å². The van der Waals surface area contributed by atoms with Crippen molar-refractivity contribution < 1.29 is 17.6 Å². The molecule has 9 heteroatoms. The molecule has 3 N–H and O–H groups in total. The average molecular weight is 431 g/mol. The number of amides is 1. The molecule has 1 aromatic heterocycles. The van der Waals surface area contributed by atoms with E-state index in [9.17, 15) is 17.6 Å². The quantitative estimate of drug-likeness (QED) is 0.477. The van der Waals surface area contributed by atoms with E-state index >= 15 is 0 Å². The number of hydrogen-bond acceptors (Lipinski definition) is 4. The Morgan fingerprint density at radius 1 is 1.17 bits per heavy atom. The zero-order valence-electron chi connectivity index (χ0n) is 16.7. The van der Waals surface area contributed by atoms with E-state index in [0.29, 0.717) is 12.1 Å². The first kappa shape index (κ1) is 21.5. The molecule has 1 amide bonds. The summed E-state index contributed by atoms with van der Waals surface area (Å²) < 4.78 is 41.3. The third kappa shape index (κ3) is 5.04. The molecular weight excluding hydrogens is 407 g/mol. The van der Waals surface area contributed by atoms with Gasteiger partial charge in [0.15, 0.2) is 0 Å². The molecule has 0 unspecified atom stereocenters. The Morgan fingerprint density at radius 3 is 2.63 bits per heavy atom. The summed E-state index contributed by atoms with van der Waals surface area (Å²) in [5.74, 6) is -1.04. The zero-order valence-corrected chi connectivity index (χ0v) is 17.5. The van der Waals surface area contributed by atoms with Crippen LogP contribution in [0.2, 0.25) is 0 Å². The molecule has 158 valence electrons. The Morgan fingerprint density at radius 2 is 1.93 bits per heavy atom. The highest BCUT2D eigenvalue weighted by atomic mass is 32.2. The molecule has 3 rings (SSSR count). The second kappa shape index (κ2) is 9.08. The molecule has 0 aliphatic heterocycles. The van der Waals surface area contributed by atoms with Gasteiger partial charge in [-0.15, -0.1) is 0 Å². The van der Waals surface area contributed by atoms with E-state index in [-0.39, 0.29) is 22.1 Å². The number of sulfonamides is 1. The number of benzene rings is 2. The maximum Gasteiger partial charge on any atom is 0.262 e. The number of anilines is 1. The summed E-state index contributed by atoms with van der Waals surface area (Å²) in [5.41, 5.74) is 2.83. The summed E-state index contributed by atoms with van der Waals surface area (Å²) in [7, 11) is -4.05. The second-order valence-corrected chi connectivity index (χ2v) is 8.62. The predicted molar refractivity (Wildman–Crippen MR) is 112 cm³/mol. The molecule has 0 aliphatic carbocycles. The van der Waals surface area contributed by atoms with Crippen LogP contribution in [-0.2, 0) is 16.4 Å². The number of aromatic nitrogens is 2. The molecule has 0 spiro atoms. The molecule has 7 nitrogen and oxygen atoms in total. The van der Waals surface area contributed by atoms with E-state index in [4.69, 9.17) is 0 Å². The highest BCUT2D eigenvalue weighted by Crippen LogP contribution is 2.21. The summed E-state index contributed by atoms with van der Waals surface area (Å²) in [6.07, 6.45) is 3.25. The summed E-state index contributed by atoms with van der Waals surface area (Å²) >= 11 is 0. The van der Waals surface area contributed by atoms with Gasteiger partial charge in [0.1, 0.15) is 5.82 Å². The number of hydrogen-bond donors (Lipinski definition) is 3. The van der Waals surface area contributed by atoms with Gasteiger partial charge >= 0.3 is 0 Å². The second-order valence-electron chi connectivity index (χ2n) is 6.94. The van der Waals surface area contributed by atoms with Crippen molar-refractivity contribution in [3.8, 4) is 0 Å². The number of aromatic amines is 1. The number of nitrogens with zero attached hydrogens (tertiary/aromatic N) is 1. The van der Waals surface area contributed by atoms with Gasteiger partial charge < -0.3 is 5.32 Å². The highest BCUT2D eigenvalue weighted by molar-refractivity contribution is 7.92. The molecule has 0 saturated carbocycles. The molecule has 3 aromatic rings. The molecule has 0 fully saturated rings. The lowest BCUT2D eigenvalue weighted by molar-refractivity contribution is 0.0952. The highest BCUT2D eigenvalue weighted by Gasteiger charge is 2.19. The Bertz CT molecular complexity index is 1160. The van der Waals surface area contributed by atoms with E-state index in [1.54, 1.807) is 19.2 Å². The van der Waals surface area contributed by atoms with Crippen molar-refractivity contribution in [3.63, 3.8) is 0 Å². The van der Waals surface area contributed by atoms with Gasteiger partial charge in [-0.05, 0) is 62.1 Å². The van der Waals surface area contributed by atoms with Crippen LogP contribution in [-0.4, -0.2) is 31.1 Å². The van der Waals surface area contributed by atoms with Gasteiger partial charge in [-0.25, -0.2) is 12.8 Å². The fourth-order valence-electron chi connectivity index (χ4n) is 2.96. The zero-order chi connectivity index (χ0) is 21.7. The lowest BCUT2D eigenvalue weighted by Crippen LogP contribution is -2.26. The van der Waals surface area contributed by atoms with Gasteiger partial charge in [0.05, 0.1) is 16.8 Å². The number of carbonyl (C=O) groups is 1. The molecule has 0 atom stereocenters. The Labute approximate surface area is 174 Å². The average Bonchev–Trinajstić information content (AvgIpc) is 3.11. The Balaban J connectivity index is 1.68. The van der Waals surface area contributed by atoms with Crippen molar-refractivity contribution in [1.82, 2.24) is 15.5 Å². The van der Waals surface area contributed by atoms with Crippen LogP contribution >= 0.6 is 0 Å². The first-order chi connectivity index (χ1) is 14.3. The minimum absolute atomic E-state index is 0.115. The van der Waals surface area contributed by atoms with Crippen molar-refractivity contribution in [2.24, 2.45) is 0 Å². The van der Waals surface area contributed by atoms with Gasteiger partial charge in [0, 0.05) is 17.8 Å². The number of para-hydroxylation sites is 1. The standard InChI is InChI=1S/C21H23FN4O3S/c1-14-9-10-17(30(28,29)26-20-8-4-3-7-19(20)22)12-18(14)21(27)23-11-5-6-16-13-24-25-15(16)2/h3-4,7-10,12-13,26H,5-6,11H2,1-2H3,(H,23,27)(H,24,25). The van der Waals surface area contributed by atoms with E-state index < -0.39 is 15.8 Å². The van der Waals surface area contributed by atoms with Gasteiger partial charge in [-0.2, -0.15) is 5.10 Å². The van der Waals surface area contributed by atoms with Gasteiger partial charge in [-0.3, -0.25) is 14.6 Å². The van der Waals surface area contributed by atoms with Crippen molar-refractivity contribution in [2.45, 2.75) is 31.6 Å². The largest absolute Gasteiger partial charge is 0.352 e. The van der Waals surface area contributed by atoms with Gasteiger partial charge in [-0.1, -0.05) is 18.2 Å². The van der Waals surface area contributed by atoms with E-state index in [1.807, 2.05) is 6.92 Å². The first-order valence-electron chi connectivity index (χ1n) is 9.43. The van der Waals surface area contributed by atoms with Crippen LogP contribution in [0.15, 0.2) is 53.6 Å². The number of halogens is 1. The fourth-order valence-corrected chi connectivity index (χ4v) is 4.06. The van der Waals surface area contributed by atoms with E-state index in [1.165, 1.54) is 30.3 Å². The number of nitrogens with one attached hydrogen (secondary N) is 3. The van der Waals surface area contributed by atoms with Crippen LogP contribution in [0.4, 0.5) is 10.1 Å². The number of rotatable bonds is 8. The third-order valence-corrected chi connectivity index (χ3v) is 6.09. The van der Waals surface area contributed by atoms with E-state index in [2.05, 4.69) is 20.2 Å². The molecule has 0 bridgehead atoms. The maximum absolute atomic E-state index is 13.8. The predicted octanol–water partition coefficient (Wildman–Crippen LogP) is 3.33. The van der Waals surface area contributed by atoms with Crippen LogP contribution < -0.4 is 10.0 Å². The summed E-state index contributed by atoms with van der Waals surface area (Å²) in [4.78, 5) is 12.5. The SMILES string of the molecule is Cc1ccc(S(=O)(=O)Nc2ccccc2F)cc1C(=O)NCCCc1cn[nH]c1C. The number of carbonyl (C=O) groups excluding carboxylic acids is 1. The van der Waals surface area contributed by atoms with Crippen LogP contribution in [0, 0.1) is 19.7 Å². The smallest absolute Gasteiger partial charge is 0.262 e. The summed E-state index contributed by atoms with van der Waals surface area (Å²) in [6.45, 7) is 4.10. The molecular formula is C21H23FN4O3S. The summed E-state index contributed by atoms with van der Waals surface area (Å²) in [6, 6.07) is 9.73. The van der Waals surface area contributed by atoms with Crippen LogP contribution in [0.3, 0.4) is 0 Å². The lowest BCUT2D eigenvalue weighted by atomic mass is 10.1. The Kier molecular flexibility index (Phi) is 6.51.